The Labute approximate surface area is 184 Å². The molecule has 0 radical (unpaired) electrons. The molecule has 0 aromatic heterocycles. The van der Waals surface area contributed by atoms with Gasteiger partial charge in [0.25, 0.3) is 17.5 Å². The van der Waals surface area contributed by atoms with E-state index >= 15 is 0 Å². The summed E-state index contributed by atoms with van der Waals surface area (Å²) in [5.74, 6) is -1.49. The number of carbonyl (C=O) groups excluding carboxylic acids is 3. The summed E-state index contributed by atoms with van der Waals surface area (Å²) in [4.78, 5) is 52.5. The van der Waals surface area contributed by atoms with Crippen LogP contribution in [-0.2, 0) is 9.59 Å². The molecule has 162 valence electrons. The van der Waals surface area contributed by atoms with E-state index in [9.17, 15) is 24.5 Å². The first-order valence-electron chi connectivity index (χ1n) is 9.77. The first kappa shape index (κ1) is 22.4. The third-order valence-corrected chi connectivity index (χ3v) is 5.81. The minimum atomic E-state index is -1.02. The fourth-order valence-corrected chi connectivity index (χ4v) is 3.71. The topological polar surface area (TPSA) is 101 Å². The van der Waals surface area contributed by atoms with Gasteiger partial charge in [-0.1, -0.05) is 24.6 Å². The Balaban J connectivity index is 2.02. The number of nitrogens with zero attached hydrogens (tertiary/aromatic N) is 3. The van der Waals surface area contributed by atoms with Crippen molar-refractivity contribution in [3.8, 4) is 0 Å². The molecular formula is C22H22ClN3O5. The Hall–Kier alpha value is -3.26. The molecular weight excluding hydrogens is 422 g/mol. The van der Waals surface area contributed by atoms with Crippen LogP contribution in [0.5, 0.6) is 0 Å². The highest BCUT2D eigenvalue weighted by Gasteiger charge is 2.48. The molecule has 1 unspecified atom stereocenters. The monoisotopic (exact) mass is 443 g/mol. The minimum absolute atomic E-state index is 0.0842. The van der Waals surface area contributed by atoms with E-state index in [1.807, 2.05) is 6.92 Å². The predicted molar refractivity (Wildman–Crippen MR) is 116 cm³/mol. The summed E-state index contributed by atoms with van der Waals surface area (Å²) in [7, 11) is 0. The van der Waals surface area contributed by atoms with Crippen LogP contribution in [0.15, 0.2) is 48.5 Å². The highest BCUT2D eigenvalue weighted by Crippen LogP contribution is 2.33. The highest BCUT2D eigenvalue weighted by molar-refractivity contribution is 6.31. The number of non-ortho nitro benzene ring substituents is 1. The molecule has 1 aliphatic heterocycles. The first-order valence-corrected chi connectivity index (χ1v) is 10.1. The van der Waals surface area contributed by atoms with Crippen molar-refractivity contribution in [1.82, 2.24) is 4.90 Å². The molecule has 3 amide bonds. The zero-order chi connectivity index (χ0) is 22.9. The van der Waals surface area contributed by atoms with Crippen LogP contribution in [0.3, 0.4) is 0 Å². The molecule has 0 N–H and O–H groups in total. The van der Waals surface area contributed by atoms with Gasteiger partial charge in [0.15, 0.2) is 0 Å². The number of carbonyl (C=O) groups is 3. The average Bonchev–Trinajstić information content (AvgIpc) is 3.02. The zero-order valence-corrected chi connectivity index (χ0v) is 18.1. The van der Waals surface area contributed by atoms with Crippen LogP contribution in [0.25, 0.3) is 0 Å². The molecule has 0 bridgehead atoms. The SMILES string of the molecule is CCC(C)(C)N(C(=O)c1cccc([N+](=O)[O-])c1)C1CC(=O)N(c2ccc(Cl)cc2)C1=O. The highest BCUT2D eigenvalue weighted by atomic mass is 35.5. The Morgan fingerprint density at radius 3 is 2.45 bits per heavy atom. The maximum Gasteiger partial charge on any atom is 0.270 e. The second-order valence-electron chi connectivity index (χ2n) is 7.91. The van der Waals surface area contributed by atoms with Crippen molar-refractivity contribution in [2.75, 3.05) is 4.90 Å². The average molecular weight is 444 g/mol. The molecule has 8 nitrogen and oxygen atoms in total. The summed E-state index contributed by atoms with van der Waals surface area (Å²) < 4.78 is 0. The van der Waals surface area contributed by atoms with E-state index < -0.39 is 34.2 Å². The van der Waals surface area contributed by atoms with Crippen LogP contribution in [0.2, 0.25) is 5.02 Å². The van der Waals surface area contributed by atoms with Crippen LogP contribution < -0.4 is 4.90 Å². The second kappa shape index (κ2) is 8.47. The molecule has 0 aliphatic carbocycles. The van der Waals surface area contributed by atoms with Gasteiger partial charge in [-0.2, -0.15) is 0 Å². The molecule has 31 heavy (non-hydrogen) atoms. The predicted octanol–water partition coefficient (Wildman–Crippen LogP) is 4.21. The van der Waals surface area contributed by atoms with Gasteiger partial charge in [0, 0.05) is 28.3 Å². The Morgan fingerprint density at radius 2 is 1.87 bits per heavy atom. The van der Waals surface area contributed by atoms with Gasteiger partial charge >= 0.3 is 0 Å². The lowest BCUT2D eigenvalue weighted by molar-refractivity contribution is -0.384. The lowest BCUT2D eigenvalue weighted by atomic mass is 9.94. The van der Waals surface area contributed by atoms with Crippen molar-refractivity contribution in [3.63, 3.8) is 0 Å². The van der Waals surface area contributed by atoms with Crippen molar-refractivity contribution >= 4 is 40.7 Å². The van der Waals surface area contributed by atoms with E-state index in [-0.39, 0.29) is 17.7 Å². The number of hydrogen-bond acceptors (Lipinski definition) is 5. The lowest BCUT2D eigenvalue weighted by Gasteiger charge is -2.41. The maximum atomic E-state index is 13.5. The number of imide groups is 1. The van der Waals surface area contributed by atoms with Crippen molar-refractivity contribution in [1.29, 1.82) is 0 Å². The molecule has 0 saturated carbocycles. The van der Waals surface area contributed by atoms with Gasteiger partial charge in [0.2, 0.25) is 5.91 Å². The van der Waals surface area contributed by atoms with Crippen molar-refractivity contribution in [2.24, 2.45) is 0 Å². The third kappa shape index (κ3) is 4.29. The van der Waals surface area contributed by atoms with Gasteiger partial charge in [-0.15, -0.1) is 0 Å². The van der Waals surface area contributed by atoms with Gasteiger partial charge in [-0.3, -0.25) is 24.5 Å². The normalized spacial score (nSPS) is 16.5. The number of halogens is 1. The number of nitro benzene ring substituents is 1. The second-order valence-corrected chi connectivity index (χ2v) is 8.35. The van der Waals surface area contributed by atoms with Crippen LogP contribution in [0.4, 0.5) is 11.4 Å². The van der Waals surface area contributed by atoms with E-state index in [4.69, 9.17) is 11.6 Å². The van der Waals surface area contributed by atoms with E-state index in [0.717, 1.165) is 4.90 Å². The molecule has 1 atom stereocenters. The summed E-state index contributed by atoms with van der Waals surface area (Å²) in [6, 6.07) is 10.6. The van der Waals surface area contributed by atoms with Crippen LogP contribution >= 0.6 is 11.6 Å². The fourth-order valence-electron chi connectivity index (χ4n) is 3.58. The van der Waals surface area contributed by atoms with Crippen LogP contribution in [-0.4, -0.2) is 39.1 Å². The van der Waals surface area contributed by atoms with Gasteiger partial charge in [-0.05, 0) is 50.6 Å². The first-order chi connectivity index (χ1) is 14.6. The van der Waals surface area contributed by atoms with Gasteiger partial charge in [-0.25, -0.2) is 4.90 Å². The van der Waals surface area contributed by atoms with E-state index in [0.29, 0.717) is 17.1 Å². The fraction of sp³-hybridized carbons (Fsp3) is 0.318. The summed E-state index contributed by atoms with van der Waals surface area (Å²) >= 11 is 5.90. The molecule has 0 spiro atoms. The smallest absolute Gasteiger partial charge is 0.270 e. The number of nitro groups is 1. The van der Waals surface area contributed by atoms with Crippen LogP contribution in [0, 0.1) is 10.1 Å². The molecule has 1 fully saturated rings. The number of anilines is 1. The van der Waals surface area contributed by atoms with Gasteiger partial charge in [0.05, 0.1) is 17.0 Å². The summed E-state index contributed by atoms with van der Waals surface area (Å²) in [5, 5.41) is 11.6. The van der Waals surface area contributed by atoms with E-state index in [1.165, 1.54) is 29.2 Å². The van der Waals surface area contributed by atoms with Gasteiger partial charge < -0.3 is 4.90 Å². The Kier molecular flexibility index (Phi) is 6.13. The molecule has 1 aliphatic rings. The summed E-state index contributed by atoms with van der Waals surface area (Å²) in [6.07, 6.45) is 0.331. The van der Waals surface area contributed by atoms with Gasteiger partial charge in [0.1, 0.15) is 6.04 Å². The lowest BCUT2D eigenvalue weighted by Crippen LogP contribution is -2.55. The Morgan fingerprint density at radius 1 is 1.23 bits per heavy atom. The molecule has 2 aromatic carbocycles. The maximum absolute atomic E-state index is 13.5. The number of amides is 3. The summed E-state index contributed by atoms with van der Waals surface area (Å²) in [5.41, 5.74) is -0.546. The summed E-state index contributed by atoms with van der Waals surface area (Å²) in [6.45, 7) is 5.46. The molecule has 1 heterocycles. The standard InChI is InChI=1S/C22H22ClN3O5/c1-4-22(2,3)25(20(28)14-6-5-7-17(12-14)26(30)31)18-13-19(27)24(21(18)29)16-10-8-15(23)9-11-16/h5-12,18H,4,13H2,1-3H3. The van der Waals surface area contributed by atoms with E-state index in [2.05, 4.69) is 0 Å². The largest absolute Gasteiger partial charge is 0.321 e. The van der Waals surface area contributed by atoms with Crippen LogP contribution in [0.1, 0.15) is 44.0 Å². The quantitative estimate of drug-likeness (QED) is 0.378. The van der Waals surface area contributed by atoms with E-state index in [1.54, 1.807) is 38.1 Å². The minimum Gasteiger partial charge on any atom is -0.321 e. The molecule has 3 rings (SSSR count). The number of hydrogen-bond donors (Lipinski definition) is 0. The van der Waals surface area contributed by atoms with Crippen molar-refractivity contribution < 1.29 is 19.3 Å². The van der Waals surface area contributed by atoms with Crippen molar-refractivity contribution in [3.05, 3.63) is 69.2 Å². The zero-order valence-electron chi connectivity index (χ0n) is 17.4. The number of benzene rings is 2. The molecule has 9 heteroatoms. The van der Waals surface area contributed by atoms with Crippen molar-refractivity contribution in [2.45, 2.75) is 45.2 Å². The third-order valence-electron chi connectivity index (χ3n) is 5.56. The molecule has 1 saturated heterocycles. The number of rotatable bonds is 6. The Bertz CT molecular complexity index is 1050. The molecule has 2 aromatic rings.